The van der Waals surface area contributed by atoms with Crippen LogP contribution in [-0.2, 0) is 4.79 Å². The highest BCUT2D eigenvalue weighted by molar-refractivity contribution is 5.73. The zero-order valence-corrected chi connectivity index (χ0v) is 7.55. The fraction of sp³-hybridized carbons (Fsp3) is 0.889. The van der Waals surface area contributed by atoms with E-state index in [0.29, 0.717) is 6.04 Å². The molecule has 1 unspecified atom stereocenters. The Hall–Kier alpha value is -0.570. The molecule has 0 aromatic heterocycles. The number of hydrogen-bond acceptors (Lipinski definition) is 2. The maximum Gasteiger partial charge on any atom is 0.217 e. The van der Waals surface area contributed by atoms with Crippen LogP contribution in [0, 0.1) is 0 Å². The summed E-state index contributed by atoms with van der Waals surface area (Å²) in [4.78, 5) is 13.3. The summed E-state index contributed by atoms with van der Waals surface area (Å²) < 4.78 is 0. The lowest BCUT2D eigenvalue weighted by Gasteiger charge is -2.14. The Morgan fingerprint density at radius 3 is 2.75 bits per heavy atom. The van der Waals surface area contributed by atoms with Gasteiger partial charge in [-0.25, -0.2) is 0 Å². The zero-order chi connectivity index (χ0) is 8.55. The highest BCUT2D eigenvalue weighted by atomic mass is 16.1. The van der Waals surface area contributed by atoms with Crippen LogP contribution in [0.15, 0.2) is 0 Å². The Kier molecular flexibility index (Phi) is 2.05. The average molecular weight is 168 g/mol. The summed E-state index contributed by atoms with van der Waals surface area (Å²) >= 11 is 0. The Morgan fingerprint density at radius 1 is 1.42 bits per heavy atom. The Balaban J connectivity index is 1.77. The predicted octanol–water partition coefficient (Wildman–Crippen LogP) is 0.359. The lowest BCUT2D eigenvalue weighted by atomic mass is 10.3. The van der Waals surface area contributed by atoms with Crippen LogP contribution in [0.3, 0.4) is 0 Å². The first-order chi connectivity index (χ1) is 5.75. The van der Waals surface area contributed by atoms with Crippen molar-refractivity contribution in [2.75, 3.05) is 13.1 Å². The van der Waals surface area contributed by atoms with Crippen molar-refractivity contribution in [1.82, 2.24) is 10.2 Å². The van der Waals surface area contributed by atoms with E-state index in [0.717, 1.165) is 19.0 Å². The summed E-state index contributed by atoms with van der Waals surface area (Å²) in [5, 5.41) is 2.97. The number of hydrogen-bond donors (Lipinski definition) is 1. The topological polar surface area (TPSA) is 32.3 Å². The van der Waals surface area contributed by atoms with Crippen LogP contribution in [-0.4, -0.2) is 36.0 Å². The molecule has 1 aliphatic heterocycles. The van der Waals surface area contributed by atoms with Crippen LogP contribution in [0.5, 0.6) is 0 Å². The van der Waals surface area contributed by atoms with E-state index in [1.54, 1.807) is 6.92 Å². The van der Waals surface area contributed by atoms with Gasteiger partial charge in [-0.2, -0.15) is 0 Å². The smallest absolute Gasteiger partial charge is 0.217 e. The van der Waals surface area contributed by atoms with Gasteiger partial charge in [0.15, 0.2) is 0 Å². The molecule has 2 fully saturated rings. The molecule has 0 spiro atoms. The van der Waals surface area contributed by atoms with Crippen molar-refractivity contribution in [1.29, 1.82) is 0 Å². The zero-order valence-electron chi connectivity index (χ0n) is 7.55. The highest BCUT2D eigenvalue weighted by Crippen LogP contribution is 2.29. The summed E-state index contributed by atoms with van der Waals surface area (Å²) in [6.45, 7) is 3.85. The first kappa shape index (κ1) is 8.05. The molecule has 1 atom stereocenters. The largest absolute Gasteiger partial charge is 0.352 e. The van der Waals surface area contributed by atoms with Gasteiger partial charge in [0, 0.05) is 32.1 Å². The van der Waals surface area contributed by atoms with Crippen LogP contribution >= 0.6 is 0 Å². The normalized spacial score (nSPS) is 30.6. The summed E-state index contributed by atoms with van der Waals surface area (Å²) in [6.07, 6.45) is 3.87. The third kappa shape index (κ3) is 1.78. The molecular formula is C9H16N2O. The minimum Gasteiger partial charge on any atom is -0.352 e. The number of rotatable bonds is 2. The standard InChI is InChI=1S/C9H16N2O/c1-7(12)10-8-4-5-11(6-8)9-2-3-9/h8-9H,2-6H2,1H3,(H,10,12). The Morgan fingerprint density at radius 2 is 2.17 bits per heavy atom. The molecule has 1 amide bonds. The molecule has 0 aromatic carbocycles. The van der Waals surface area contributed by atoms with Gasteiger partial charge in [0.2, 0.25) is 5.91 Å². The van der Waals surface area contributed by atoms with Gasteiger partial charge in [-0.3, -0.25) is 9.69 Å². The predicted molar refractivity (Wildman–Crippen MR) is 46.8 cm³/mol. The fourth-order valence-electron chi connectivity index (χ4n) is 1.96. The van der Waals surface area contributed by atoms with Crippen LogP contribution in [0.25, 0.3) is 0 Å². The molecule has 3 heteroatoms. The SMILES string of the molecule is CC(=O)NC1CCN(C2CC2)C1. The number of nitrogens with zero attached hydrogens (tertiary/aromatic N) is 1. The number of likely N-dealkylation sites (tertiary alicyclic amines) is 1. The molecule has 68 valence electrons. The molecule has 1 N–H and O–H groups in total. The third-order valence-corrected chi connectivity index (χ3v) is 2.69. The van der Waals surface area contributed by atoms with Gasteiger partial charge in [0.05, 0.1) is 0 Å². The lowest BCUT2D eigenvalue weighted by molar-refractivity contribution is -0.119. The highest BCUT2D eigenvalue weighted by Gasteiger charge is 2.34. The van der Waals surface area contributed by atoms with E-state index in [1.807, 2.05) is 0 Å². The molecular weight excluding hydrogens is 152 g/mol. The molecule has 12 heavy (non-hydrogen) atoms. The van der Waals surface area contributed by atoms with Gasteiger partial charge in [-0.15, -0.1) is 0 Å². The molecule has 2 aliphatic rings. The van der Waals surface area contributed by atoms with E-state index in [1.165, 1.54) is 19.4 Å². The second kappa shape index (κ2) is 3.05. The minimum absolute atomic E-state index is 0.109. The van der Waals surface area contributed by atoms with E-state index in [4.69, 9.17) is 0 Å². The minimum atomic E-state index is 0.109. The summed E-state index contributed by atoms with van der Waals surface area (Å²) in [6, 6.07) is 1.27. The van der Waals surface area contributed by atoms with Crippen LogP contribution < -0.4 is 5.32 Å². The first-order valence-corrected chi connectivity index (χ1v) is 4.77. The van der Waals surface area contributed by atoms with Gasteiger partial charge in [-0.05, 0) is 19.3 Å². The second-order valence-electron chi connectivity index (χ2n) is 3.91. The van der Waals surface area contributed by atoms with Crippen molar-refractivity contribution in [2.24, 2.45) is 0 Å². The van der Waals surface area contributed by atoms with Gasteiger partial charge in [-0.1, -0.05) is 0 Å². The molecule has 3 nitrogen and oxygen atoms in total. The van der Waals surface area contributed by atoms with Crippen LogP contribution in [0.4, 0.5) is 0 Å². The van der Waals surface area contributed by atoms with Gasteiger partial charge in [0.1, 0.15) is 0 Å². The number of nitrogens with one attached hydrogen (secondary N) is 1. The maximum atomic E-state index is 10.8. The van der Waals surface area contributed by atoms with Crippen molar-refractivity contribution in [2.45, 2.75) is 38.3 Å². The summed E-state index contributed by atoms with van der Waals surface area (Å²) in [5.41, 5.74) is 0. The van der Waals surface area contributed by atoms with Crippen LogP contribution in [0.2, 0.25) is 0 Å². The summed E-state index contributed by atoms with van der Waals surface area (Å²) in [5.74, 6) is 0.109. The maximum absolute atomic E-state index is 10.8. The Bertz CT molecular complexity index is 189. The fourth-order valence-corrected chi connectivity index (χ4v) is 1.96. The molecule has 1 saturated heterocycles. The number of amides is 1. The molecule has 0 radical (unpaired) electrons. The second-order valence-corrected chi connectivity index (χ2v) is 3.91. The summed E-state index contributed by atoms with van der Waals surface area (Å²) in [7, 11) is 0. The van der Waals surface area contributed by atoms with Gasteiger partial charge < -0.3 is 5.32 Å². The van der Waals surface area contributed by atoms with Crippen LogP contribution in [0.1, 0.15) is 26.2 Å². The molecule has 1 saturated carbocycles. The van der Waals surface area contributed by atoms with Crippen molar-refractivity contribution < 1.29 is 4.79 Å². The Labute approximate surface area is 73.1 Å². The number of carbonyl (C=O) groups excluding carboxylic acids is 1. The van der Waals surface area contributed by atoms with Crippen molar-refractivity contribution in [3.8, 4) is 0 Å². The molecule has 0 aromatic rings. The van der Waals surface area contributed by atoms with E-state index in [2.05, 4.69) is 10.2 Å². The van der Waals surface area contributed by atoms with E-state index >= 15 is 0 Å². The van der Waals surface area contributed by atoms with E-state index in [9.17, 15) is 4.79 Å². The monoisotopic (exact) mass is 168 g/mol. The molecule has 1 aliphatic carbocycles. The average Bonchev–Trinajstić information content (AvgIpc) is 2.73. The van der Waals surface area contributed by atoms with E-state index < -0.39 is 0 Å². The molecule has 1 heterocycles. The number of carbonyl (C=O) groups is 1. The van der Waals surface area contributed by atoms with Gasteiger partial charge >= 0.3 is 0 Å². The molecule has 2 rings (SSSR count). The molecule has 0 bridgehead atoms. The van der Waals surface area contributed by atoms with Crippen molar-refractivity contribution in [3.63, 3.8) is 0 Å². The van der Waals surface area contributed by atoms with Crippen molar-refractivity contribution in [3.05, 3.63) is 0 Å². The third-order valence-electron chi connectivity index (χ3n) is 2.69. The first-order valence-electron chi connectivity index (χ1n) is 4.77. The van der Waals surface area contributed by atoms with E-state index in [-0.39, 0.29) is 5.91 Å². The lowest BCUT2D eigenvalue weighted by Crippen LogP contribution is -2.36. The van der Waals surface area contributed by atoms with Gasteiger partial charge in [0.25, 0.3) is 0 Å². The quantitative estimate of drug-likeness (QED) is 0.645. The van der Waals surface area contributed by atoms with Crippen molar-refractivity contribution >= 4 is 5.91 Å².